The molecule has 2 aromatic rings. The van der Waals surface area contributed by atoms with Crippen molar-refractivity contribution in [1.82, 2.24) is 10.2 Å². The van der Waals surface area contributed by atoms with E-state index in [0.717, 1.165) is 5.56 Å². The topological polar surface area (TPSA) is 84.9 Å². The Kier molecular flexibility index (Phi) is 8.17. The molecular formula is C21H24N2O5. The van der Waals surface area contributed by atoms with E-state index in [-0.39, 0.29) is 17.0 Å². The Bertz CT molecular complexity index is 807. The van der Waals surface area contributed by atoms with Crippen LogP contribution in [-0.4, -0.2) is 56.6 Å². The van der Waals surface area contributed by atoms with E-state index in [2.05, 4.69) is 5.32 Å². The second kappa shape index (κ2) is 10.8. The Morgan fingerprint density at radius 2 is 1.61 bits per heavy atom. The first-order chi connectivity index (χ1) is 13.5. The summed E-state index contributed by atoms with van der Waals surface area (Å²) in [5.74, 6) is -1.46. The van der Waals surface area contributed by atoms with Gasteiger partial charge < -0.3 is 19.7 Å². The Morgan fingerprint density at radius 3 is 2.29 bits per heavy atom. The fourth-order valence-corrected chi connectivity index (χ4v) is 2.53. The molecule has 0 saturated heterocycles. The predicted octanol–water partition coefficient (Wildman–Crippen LogP) is 1.88. The predicted molar refractivity (Wildman–Crippen MR) is 104 cm³/mol. The number of methoxy groups -OCH3 is 1. The lowest BCUT2D eigenvalue weighted by atomic mass is 10.1. The number of hydrogen-bond acceptors (Lipinski definition) is 5. The number of hydrogen-bond donors (Lipinski definition) is 1. The molecule has 0 aromatic heterocycles. The maximum absolute atomic E-state index is 12.8. The maximum Gasteiger partial charge on any atom is 0.339 e. The SMILES string of the molecule is COCCNC(=O)COC(=O)c1ccccc1C(=O)N(C)Cc1ccccc1. The highest BCUT2D eigenvalue weighted by Gasteiger charge is 2.21. The lowest BCUT2D eigenvalue weighted by Crippen LogP contribution is -2.32. The zero-order valence-electron chi connectivity index (χ0n) is 16.0. The van der Waals surface area contributed by atoms with Crippen LogP contribution in [0.1, 0.15) is 26.3 Å². The number of carbonyl (C=O) groups excluding carboxylic acids is 3. The standard InChI is InChI=1S/C21H24N2O5/c1-23(14-16-8-4-3-5-9-16)20(25)17-10-6-7-11-18(17)21(26)28-15-19(24)22-12-13-27-2/h3-11H,12-15H2,1-2H3,(H,22,24). The van der Waals surface area contributed by atoms with Gasteiger partial charge in [-0.05, 0) is 17.7 Å². The van der Waals surface area contributed by atoms with E-state index in [0.29, 0.717) is 19.7 Å². The highest BCUT2D eigenvalue weighted by atomic mass is 16.5. The molecule has 28 heavy (non-hydrogen) atoms. The Hall–Kier alpha value is -3.19. The molecule has 148 valence electrons. The Morgan fingerprint density at radius 1 is 0.964 bits per heavy atom. The van der Waals surface area contributed by atoms with Gasteiger partial charge in [0.1, 0.15) is 0 Å². The van der Waals surface area contributed by atoms with Gasteiger partial charge in [-0.1, -0.05) is 42.5 Å². The van der Waals surface area contributed by atoms with Crippen molar-refractivity contribution < 1.29 is 23.9 Å². The number of amides is 2. The molecule has 2 amide bonds. The fraction of sp³-hybridized carbons (Fsp3) is 0.286. The van der Waals surface area contributed by atoms with Gasteiger partial charge in [0.2, 0.25) is 0 Å². The highest BCUT2D eigenvalue weighted by Crippen LogP contribution is 2.14. The van der Waals surface area contributed by atoms with E-state index >= 15 is 0 Å². The highest BCUT2D eigenvalue weighted by molar-refractivity contribution is 6.05. The molecule has 0 aliphatic rings. The molecule has 1 N–H and O–H groups in total. The van der Waals surface area contributed by atoms with Crippen LogP contribution in [0.2, 0.25) is 0 Å². The van der Waals surface area contributed by atoms with Crippen molar-refractivity contribution in [2.24, 2.45) is 0 Å². The number of nitrogens with zero attached hydrogens (tertiary/aromatic N) is 1. The molecule has 7 heteroatoms. The molecule has 0 atom stereocenters. The van der Waals surface area contributed by atoms with Crippen molar-refractivity contribution in [2.45, 2.75) is 6.54 Å². The van der Waals surface area contributed by atoms with Crippen LogP contribution in [0.25, 0.3) is 0 Å². The van der Waals surface area contributed by atoms with Crippen LogP contribution in [0.3, 0.4) is 0 Å². The van der Waals surface area contributed by atoms with Crippen molar-refractivity contribution >= 4 is 17.8 Å². The van der Waals surface area contributed by atoms with Gasteiger partial charge in [0.25, 0.3) is 11.8 Å². The zero-order valence-corrected chi connectivity index (χ0v) is 16.0. The first-order valence-electron chi connectivity index (χ1n) is 8.84. The van der Waals surface area contributed by atoms with Crippen molar-refractivity contribution in [3.8, 4) is 0 Å². The molecule has 0 spiro atoms. The molecule has 0 aliphatic heterocycles. The smallest absolute Gasteiger partial charge is 0.339 e. The second-order valence-electron chi connectivity index (χ2n) is 6.11. The minimum Gasteiger partial charge on any atom is -0.452 e. The fourth-order valence-electron chi connectivity index (χ4n) is 2.53. The van der Waals surface area contributed by atoms with E-state index in [1.807, 2.05) is 30.3 Å². The molecular weight excluding hydrogens is 360 g/mol. The number of rotatable bonds is 9. The van der Waals surface area contributed by atoms with Gasteiger partial charge >= 0.3 is 5.97 Å². The van der Waals surface area contributed by atoms with Crippen LogP contribution < -0.4 is 5.32 Å². The van der Waals surface area contributed by atoms with Crippen molar-refractivity contribution in [3.05, 3.63) is 71.3 Å². The first kappa shape index (κ1) is 21.1. The van der Waals surface area contributed by atoms with Crippen molar-refractivity contribution in [1.29, 1.82) is 0 Å². The maximum atomic E-state index is 12.8. The van der Waals surface area contributed by atoms with Gasteiger partial charge in [0.15, 0.2) is 6.61 Å². The van der Waals surface area contributed by atoms with Gasteiger partial charge in [0, 0.05) is 27.2 Å². The third-order valence-electron chi connectivity index (χ3n) is 3.95. The summed E-state index contributed by atoms with van der Waals surface area (Å²) in [6.07, 6.45) is 0. The van der Waals surface area contributed by atoms with Crippen molar-refractivity contribution in [3.63, 3.8) is 0 Å². The largest absolute Gasteiger partial charge is 0.452 e. The molecule has 0 aliphatic carbocycles. The number of nitrogens with one attached hydrogen (secondary N) is 1. The lowest BCUT2D eigenvalue weighted by Gasteiger charge is -2.19. The first-order valence-corrected chi connectivity index (χ1v) is 8.84. The summed E-state index contributed by atoms with van der Waals surface area (Å²) in [7, 11) is 3.19. The monoisotopic (exact) mass is 384 g/mol. The molecule has 0 unspecified atom stereocenters. The minimum atomic E-state index is -0.723. The Labute approximate surface area is 164 Å². The van der Waals surface area contributed by atoms with Crippen LogP contribution in [0.4, 0.5) is 0 Å². The Balaban J connectivity index is 2.01. The third-order valence-corrected chi connectivity index (χ3v) is 3.95. The third kappa shape index (κ3) is 6.21. The van der Waals surface area contributed by atoms with Crippen LogP contribution in [0.5, 0.6) is 0 Å². The second-order valence-corrected chi connectivity index (χ2v) is 6.11. The number of ether oxygens (including phenoxy) is 2. The van der Waals surface area contributed by atoms with Gasteiger partial charge in [-0.3, -0.25) is 9.59 Å². The quantitative estimate of drug-likeness (QED) is 0.527. The van der Waals surface area contributed by atoms with Crippen LogP contribution >= 0.6 is 0 Å². The van der Waals surface area contributed by atoms with E-state index in [9.17, 15) is 14.4 Å². The normalized spacial score (nSPS) is 10.2. The molecule has 2 aromatic carbocycles. The number of carbonyl (C=O) groups is 3. The zero-order chi connectivity index (χ0) is 20.4. The summed E-state index contributed by atoms with van der Waals surface area (Å²) < 4.78 is 9.88. The average molecular weight is 384 g/mol. The lowest BCUT2D eigenvalue weighted by molar-refractivity contribution is -0.124. The molecule has 0 saturated carbocycles. The summed E-state index contributed by atoms with van der Waals surface area (Å²) >= 11 is 0. The van der Waals surface area contributed by atoms with Gasteiger partial charge in [-0.2, -0.15) is 0 Å². The summed E-state index contributed by atoms with van der Waals surface area (Å²) in [4.78, 5) is 38.4. The molecule has 2 rings (SSSR count). The molecule has 0 fully saturated rings. The van der Waals surface area contributed by atoms with Crippen LogP contribution in [-0.2, 0) is 20.8 Å². The van der Waals surface area contributed by atoms with Gasteiger partial charge in [-0.25, -0.2) is 4.79 Å². The summed E-state index contributed by atoms with van der Waals surface area (Å²) in [5, 5.41) is 2.56. The van der Waals surface area contributed by atoms with Gasteiger partial charge in [-0.15, -0.1) is 0 Å². The summed E-state index contributed by atoms with van der Waals surface area (Å²) in [5.41, 5.74) is 1.33. The van der Waals surface area contributed by atoms with E-state index < -0.39 is 18.5 Å². The van der Waals surface area contributed by atoms with Gasteiger partial charge in [0.05, 0.1) is 17.7 Å². The molecule has 0 radical (unpaired) electrons. The number of benzene rings is 2. The van der Waals surface area contributed by atoms with E-state index in [1.54, 1.807) is 25.2 Å². The minimum absolute atomic E-state index is 0.122. The van der Waals surface area contributed by atoms with E-state index in [1.165, 1.54) is 18.1 Å². The summed E-state index contributed by atoms with van der Waals surface area (Å²) in [6, 6.07) is 15.9. The number of esters is 1. The van der Waals surface area contributed by atoms with Crippen LogP contribution in [0, 0.1) is 0 Å². The summed E-state index contributed by atoms with van der Waals surface area (Å²) in [6.45, 7) is 0.674. The molecule has 0 bridgehead atoms. The van der Waals surface area contributed by atoms with Crippen LogP contribution in [0.15, 0.2) is 54.6 Å². The molecule has 0 heterocycles. The van der Waals surface area contributed by atoms with Crippen molar-refractivity contribution in [2.75, 3.05) is 33.9 Å². The molecule has 7 nitrogen and oxygen atoms in total. The van der Waals surface area contributed by atoms with E-state index in [4.69, 9.17) is 9.47 Å². The average Bonchev–Trinajstić information content (AvgIpc) is 2.72.